The molecule has 66 valence electrons. The largest absolute Gasteiger partial charge is 0.508 e. The molecule has 13 heavy (non-hydrogen) atoms. The number of hydrogen-bond acceptors (Lipinski definition) is 2. The summed E-state index contributed by atoms with van der Waals surface area (Å²) in [6, 6.07) is 11.3. The maximum absolute atomic E-state index is 9.31. The summed E-state index contributed by atoms with van der Waals surface area (Å²) in [6.07, 6.45) is 0. The fourth-order valence-electron chi connectivity index (χ4n) is 1.50. The Bertz CT molecular complexity index is 437. The van der Waals surface area contributed by atoms with Crippen molar-refractivity contribution in [3.63, 3.8) is 0 Å². The van der Waals surface area contributed by atoms with Crippen LogP contribution in [0.25, 0.3) is 10.8 Å². The molecule has 0 spiro atoms. The SMILES string of the molecule is NCc1cccc2ccc(O)cc12. The Morgan fingerprint density at radius 2 is 2.00 bits per heavy atom. The first kappa shape index (κ1) is 8.08. The van der Waals surface area contributed by atoms with Crippen LogP contribution >= 0.6 is 0 Å². The molecule has 0 saturated heterocycles. The monoisotopic (exact) mass is 173 g/mol. The minimum absolute atomic E-state index is 0.286. The Labute approximate surface area is 76.6 Å². The zero-order chi connectivity index (χ0) is 9.26. The van der Waals surface area contributed by atoms with E-state index in [1.54, 1.807) is 12.1 Å². The zero-order valence-corrected chi connectivity index (χ0v) is 7.20. The lowest BCUT2D eigenvalue weighted by atomic mass is 10.0. The van der Waals surface area contributed by atoms with E-state index in [0.717, 1.165) is 16.3 Å². The highest BCUT2D eigenvalue weighted by Crippen LogP contribution is 2.22. The minimum atomic E-state index is 0.286. The molecule has 0 heterocycles. The highest BCUT2D eigenvalue weighted by molar-refractivity contribution is 5.86. The van der Waals surface area contributed by atoms with Gasteiger partial charge in [0.25, 0.3) is 0 Å². The standard InChI is InChI=1S/C11H11NO/c12-7-9-3-1-2-8-4-5-10(13)6-11(8)9/h1-6,13H,7,12H2. The summed E-state index contributed by atoms with van der Waals surface area (Å²) >= 11 is 0. The molecule has 0 atom stereocenters. The Kier molecular flexibility index (Phi) is 1.91. The van der Waals surface area contributed by atoms with Gasteiger partial charge in [0.05, 0.1) is 0 Å². The third-order valence-corrected chi connectivity index (χ3v) is 2.18. The van der Waals surface area contributed by atoms with Gasteiger partial charge in [-0.05, 0) is 28.5 Å². The van der Waals surface area contributed by atoms with E-state index in [1.165, 1.54) is 0 Å². The fourth-order valence-corrected chi connectivity index (χ4v) is 1.50. The third-order valence-electron chi connectivity index (χ3n) is 2.18. The van der Waals surface area contributed by atoms with Gasteiger partial charge in [0, 0.05) is 6.54 Å². The predicted molar refractivity (Wildman–Crippen MR) is 53.5 cm³/mol. The normalized spacial score (nSPS) is 10.5. The molecule has 0 unspecified atom stereocenters. The molecular weight excluding hydrogens is 162 g/mol. The fraction of sp³-hybridized carbons (Fsp3) is 0.0909. The number of hydrogen-bond donors (Lipinski definition) is 2. The second-order valence-corrected chi connectivity index (χ2v) is 3.03. The highest BCUT2D eigenvalue weighted by Gasteiger charge is 1.99. The van der Waals surface area contributed by atoms with Crippen LogP contribution in [0.5, 0.6) is 5.75 Å². The summed E-state index contributed by atoms with van der Waals surface area (Å²) in [4.78, 5) is 0. The van der Waals surface area contributed by atoms with Crippen LogP contribution in [-0.2, 0) is 6.54 Å². The minimum Gasteiger partial charge on any atom is -0.508 e. The lowest BCUT2D eigenvalue weighted by Crippen LogP contribution is -1.96. The van der Waals surface area contributed by atoms with Crippen molar-refractivity contribution >= 4 is 10.8 Å². The van der Waals surface area contributed by atoms with Crippen LogP contribution in [0.2, 0.25) is 0 Å². The zero-order valence-electron chi connectivity index (χ0n) is 7.20. The average molecular weight is 173 g/mol. The number of nitrogens with two attached hydrogens (primary N) is 1. The van der Waals surface area contributed by atoms with Gasteiger partial charge in [-0.2, -0.15) is 0 Å². The van der Waals surface area contributed by atoms with Crippen molar-refractivity contribution < 1.29 is 5.11 Å². The molecule has 0 amide bonds. The van der Waals surface area contributed by atoms with Crippen LogP contribution in [0.15, 0.2) is 36.4 Å². The maximum atomic E-state index is 9.31. The average Bonchev–Trinajstić information content (AvgIpc) is 2.17. The molecule has 0 fully saturated rings. The van der Waals surface area contributed by atoms with E-state index in [4.69, 9.17) is 5.73 Å². The molecule has 3 N–H and O–H groups in total. The quantitative estimate of drug-likeness (QED) is 0.692. The number of phenolic OH excluding ortho intramolecular Hbond substituents is 1. The van der Waals surface area contributed by atoms with Gasteiger partial charge >= 0.3 is 0 Å². The second-order valence-electron chi connectivity index (χ2n) is 3.03. The van der Waals surface area contributed by atoms with Gasteiger partial charge in [-0.1, -0.05) is 24.3 Å². The van der Waals surface area contributed by atoms with Crippen LogP contribution in [-0.4, -0.2) is 5.11 Å². The van der Waals surface area contributed by atoms with E-state index in [9.17, 15) is 5.11 Å². The molecule has 0 aliphatic rings. The number of aromatic hydroxyl groups is 1. The van der Waals surface area contributed by atoms with Gasteiger partial charge in [0.1, 0.15) is 5.75 Å². The summed E-state index contributed by atoms with van der Waals surface area (Å²) in [7, 11) is 0. The predicted octanol–water partition coefficient (Wildman–Crippen LogP) is 2.00. The maximum Gasteiger partial charge on any atom is 0.116 e. The smallest absolute Gasteiger partial charge is 0.116 e. The number of phenols is 1. The van der Waals surface area contributed by atoms with E-state index >= 15 is 0 Å². The molecular formula is C11H11NO. The van der Waals surface area contributed by atoms with Crippen molar-refractivity contribution in [2.24, 2.45) is 5.73 Å². The van der Waals surface area contributed by atoms with Crippen molar-refractivity contribution in [1.82, 2.24) is 0 Å². The van der Waals surface area contributed by atoms with Crippen molar-refractivity contribution in [1.29, 1.82) is 0 Å². The highest BCUT2D eigenvalue weighted by atomic mass is 16.3. The lowest BCUT2D eigenvalue weighted by Gasteiger charge is -2.03. The van der Waals surface area contributed by atoms with E-state index in [0.29, 0.717) is 6.54 Å². The van der Waals surface area contributed by atoms with Crippen molar-refractivity contribution in [2.45, 2.75) is 6.54 Å². The van der Waals surface area contributed by atoms with Gasteiger partial charge in [-0.25, -0.2) is 0 Å². The number of fused-ring (bicyclic) bond motifs is 1. The molecule has 2 aromatic rings. The van der Waals surface area contributed by atoms with Gasteiger partial charge in [-0.3, -0.25) is 0 Å². The topological polar surface area (TPSA) is 46.2 Å². The summed E-state index contributed by atoms with van der Waals surface area (Å²) in [5.74, 6) is 0.286. The van der Waals surface area contributed by atoms with Crippen LogP contribution < -0.4 is 5.73 Å². The van der Waals surface area contributed by atoms with Crippen LogP contribution in [0.3, 0.4) is 0 Å². The van der Waals surface area contributed by atoms with Crippen LogP contribution in [0.4, 0.5) is 0 Å². The molecule has 2 aromatic carbocycles. The Morgan fingerprint density at radius 3 is 2.77 bits per heavy atom. The molecule has 2 nitrogen and oxygen atoms in total. The van der Waals surface area contributed by atoms with Gasteiger partial charge in [0.2, 0.25) is 0 Å². The van der Waals surface area contributed by atoms with Crippen LogP contribution in [0.1, 0.15) is 5.56 Å². The molecule has 0 saturated carbocycles. The first-order valence-corrected chi connectivity index (χ1v) is 4.22. The van der Waals surface area contributed by atoms with E-state index < -0.39 is 0 Å². The van der Waals surface area contributed by atoms with E-state index in [1.807, 2.05) is 24.3 Å². The summed E-state index contributed by atoms with van der Waals surface area (Å²) in [6.45, 7) is 0.501. The van der Waals surface area contributed by atoms with Gasteiger partial charge < -0.3 is 10.8 Å². The molecule has 0 aliphatic heterocycles. The second kappa shape index (κ2) is 3.07. The van der Waals surface area contributed by atoms with Crippen LogP contribution in [0, 0.1) is 0 Å². The third kappa shape index (κ3) is 1.36. The molecule has 0 radical (unpaired) electrons. The van der Waals surface area contributed by atoms with Crippen molar-refractivity contribution in [2.75, 3.05) is 0 Å². The summed E-state index contributed by atoms with van der Waals surface area (Å²) in [5, 5.41) is 11.5. The number of rotatable bonds is 1. The van der Waals surface area contributed by atoms with Gasteiger partial charge in [-0.15, -0.1) is 0 Å². The van der Waals surface area contributed by atoms with Crippen molar-refractivity contribution in [3.05, 3.63) is 42.0 Å². The molecule has 0 bridgehead atoms. The first-order valence-electron chi connectivity index (χ1n) is 4.22. The molecule has 0 aromatic heterocycles. The first-order chi connectivity index (χ1) is 6.31. The summed E-state index contributed by atoms with van der Waals surface area (Å²) in [5.41, 5.74) is 6.65. The Morgan fingerprint density at radius 1 is 1.15 bits per heavy atom. The molecule has 2 rings (SSSR count). The molecule has 2 heteroatoms. The summed E-state index contributed by atoms with van der Waals surface area (Å²) < 4.78 is 0. The Hall–Kier alpha value is -1.54. The lowest BCUT2D eigenvalue weighted by molar-refractivity contribution is 0.476. The Balaban J connectivity index is 2.79. The molecule has 0 aliphatic carbocycles. The van der Waals surface area contributed by atoms with E-state index in [-0.39, 0.29) is 5.75 Å². The van der Waals surface area contributed by atoms with E-state index in [2.05, 4.69) is 0 Å². The van der Waals surface area contributed by atoms with Gasteiger partial charge in [0.15, 0.2) is 0 Å². The number of benzene rings is 2. The van der Waals surface area contributed by atoms with Crippen molar-refractivity contribution in [3.8, 4) is 5.75 Å².